The third-order valence-electron chi connectivity index (χ3n) is 5.72. The molecule has 0 heterocycles. The Labute approximate surface area is 254 Å². The van der Waals surface area contributed by atoms with Crippen LogP contribution in [0.5, 0.6) is 51.7 Å². The van der Waals surface area contributed by atoms with E-state index in [-0.39, 0.29) is 6.29 Å². The zero-order valence-corrected chi connectivity index (χ0v) is 22.1. The van der Waals surface area contributed by atoms with Gasteiger partial charge in [-0.3, -0.25) is 4.79 Å². The number of aliphatic hydroxyl groups is 2. The first-order valence-corrected chi connectivity index (χ1v) is 12.0. The molecule has 0 bridgehead atoms. The van der Waals surface area contributed by atoms with Gasteiger partial charge in [0.1, 0.15) is 18.8 Å². The summed E-state index contributed by atoms with van der Waals surface area (Å²) in [5.74, 6) is -15.7. The normalized spacial score (nSPS) is 14.5. The lowest BCUT2D eigenvalue weighted by Gasteiger charge is -2.30. The molecular weight excluding hydrogens is 612 g/mol. The summed E-state index contributed by atoms with van der Waals surface area (Å²) in [6.45, 7) is -1.31. The highest BCUT2D eigenvalue weighted by atomic mass is 16.6. The van der Waals surface area contributed by atoms with Crippen LogP contribution in [0.15, 0.2) is 36.3 Å². The molecule has 3 rings (SSSR count). The number of carbonyl (C=O) groups excluding carboxylic acids is 4. The van der Waals surface area contributed by atoms with Crippen LogP contribution in [-0.4, -0.2) is 111 Å². The van der Waals surface area contributed by atoms with Crippen molar-refractivity contribution in [2.75, 3.05) is 6.61 Å². The maximum Gasteiger partial charge on any atom is 0.339 e. The summed E-state index contributed by atoms with van der Waals surface area (Å²) in [5.41, 5.74) is -2.85. The van der Waals surface area contributed by atoms with Crippen molar-refractivity contribution >= 4 is 24.2 Å². The quantitative estimate of drug-likeness (QED) is 0.0548. The first-order chi connectivity index (χ1) is 22.3. The van der Waals surface area contributed by atoms with Gasteiger partial charge in [-0.2, -0.15) is 0 Å². The summed E-state index contributed by atoms with van der Waals surface area (Å²) in [5, 5.41) is 109. The Balaban J connectivity index is 1.96. The van der Waals surface area contributed by atoms with Crippen LogP contribution in [0.1, 0.15) is 35.2 Å². The lowest BCUT2D eigenvalue weighted by molar-refractivity contribution is -0.140. The van der Waals surface area contributed by atoms with E-state index >= 15 is 0 Å². The van der Waals surface area contributed by atoms with Crippen LogP contribution in [-0.2, 0) is 19.0 Å². The van der Waals surface area contributed by atoms with Gasteiger partial charge in [-0.15, -0.1) is 0 Å². The van der Waals surface area contributed by atoms with E-state index in [4.69, 9.17) is 18.3 Å². The standard InChI is InChI=1S/C27H24O18/c28-7-19(44-26(41)10-3-14(31)21(37)15(32)4-10)23(39)24(45-27(42)11-5-16(33)22(38)17(34)6-11)18(35)8-43-25(40)9-1-12(29)20(36)13(30)2-9/h1-7,18-19,23-24,29-39H,8H2/t18-,19+,23-,24-/m1/s1/i1D,3D,5D. The Morgan fingerprint density at radius 2 is 1.02 bits per heavy atom. The average Bonchev–Trinajstić information content (AvgIpc) is 3.06. The molecule has 0 aromatic heterocycles. The van der Waals surface area contributed by atoms with Crippen LogP contribution in [0.4, 0.5) is 0 Å². The number of phenols is 9. The highest BCUT2D eigenvalue weighted by molar-refractivity contribution is 5.93. The van der Waals surface area contributed by atoms with Crippen molar-refractivity contribution in [1.82, 2.24) is 0 Å². The van der Waals surface area contributed by atoms with Gasteiger partial charge in [-0.05, 0) is 36.3 Å². The molecule has 0 unspecified atom stereocenters. The number of benzene rings is 3. The van der Waals surface area contributed by atoms with Crippen LogP contribution in [0.3, 0.4) is 0 Å². The zero-order valence-electron chi connectivity index (χ0n) is 25.1. The van der Waals surface area contributed by atoms with Crippen molar-refractivity contribution in [3.63, 3.8) is 0 Å². The molecule has 0 amide bonds. The topological polar surface area (TPSA) is 318 Å². The molecule has 11 N–H and O–H groups in total. The molecule has 4 atom stereocenters. The lowest BCUT2D eigenvalue weighted by atomic mass is 10.0. The number of hydrogen-bond donors (Lipinski definition) is 11. The van der Waals surface area contributed by atoms with Gasteiger partial charge < -0.3 is 70.4 Å². The zero-order chi connectivity index (χ0) is 36.4. The fourth-order valence-electron chi connectivity index (χ4n) is 3.43. The summed E-state index contributed by atoms with van der Waals surface area (Å²) in [6.07, 6.45) is -10.3. The number of rotatable bonds is 11. The van der Waals surface area contributed by atoms with Crippen molar-refractivity contribution in [3.8, 4) is 51.7 Å². The van der Waals surface area contributed by atoms with E-state index in [1.807, 2.05) is 0 Å². The van der Waals surface area contributed by atoms with Crippen molar-refractivity contribution in [2.24, 2.45) is 0 Å². The first-order valence-electron chi connectivity index (χ1n) is 13.5. The van der Waals surface area contributed by atoms with Gasteiger partial charge in [0.2, 0.25) is 0 Å². The molecule has 0 aliphatic rings. The van der Waals surface area contributed by atoms with E-state index < -0.39 is 135 Å². The Kier molecular flexibility index (Phi) is 8.65. The monoisotopic (exact) mass is 639 g/mol. The van der Waals surface area contributed by atoms with Gasteiger partial charge in [0.25, 0.3) is 0 Å². The minimum absolute atomic E-state index is 0.283. The van der Waals surface area contributed by atoms with Crippen molar-refractivity contribution in [1.29, 1.82) is 0 Å². The molecule has 0 radical (unpaired) electrons. The van der Waals surface area contributed by atoms with E-state index in [1.54, 1.807) is 0 Å². The van der Waals surface area contributed by atoms with Crippen molar-refractivity contribution in [3.05, 3.63) is 53.0 Å². The predicted molar refractivity (Wildman–Crippen MR) is 141 cm³/mol. The number of aldehydes is 1. The van der Waals surface area contributed by atoms with Crippen molar-refractivity contribution < 1.29 is 93.7 Å². The van der Waals surface area contributed by atoms with Gasteiger partial charge in [-0.1, -0.05) is 0 Å². The molecule has 45 heavy (non-hydrogen) atoms. The van der Waals surface area contributed by atoms with Crippen LogP contribution in [0.2, 0.25) is 0 Å². The molecule has 0 aliphatic carbocycles. The second kappa shape index (κ2) is 13.4. The molecule has 3 aromatic rings. The Hall–Kier alpha value is -6.14. The van der Waals surface area contributed by atoms with Gasteiger partial charge in [0, 0.05) is 0 Å². The molecule has 0 saturated heterocycles. The fraction of sp³-hybridized carbons (Fsp3) is 0.185. The Morgan fingerprint density at radius 3 is 1.42 bits per heavy atom. The summed E-state index contributed by atoms with van der Waals surface area (Å²) < 4.78 is 37.8. The number of aromatic hydroxyl groups is 9. The minimum Gasteiger partial charge on any atom is -0.504 e. The summed E-state index contributed by atoms with van der Waals surface area (Å²) in [6, 6.07) is -1.94. The maximum absolute atomic E-state index is 12.9. The number of esters is 3. The third-order valence-corrected chi connectivity index (χ3v) is 5.72. The number of aliphatic hydroxyl groups excluding tert-OH is 2. The largest absolute Gasteiger partial charge is 0.504 e. The molecule has 18 heteroatoms. The Morgan fingerprint density at radius 1 is 0.644 bits per heavy atom. The minimum atomic E-state index is -2.64. The molecule has 0 aliphatic heterocycles. The van der Waals surface area contributed by atoms with E-state index in [2.05, 4.69) is 0 Å². The summed E-state index contributed by atoms with van der Waals surface area (Å²) >= 11 is 0. The third kappa shape index (κ3) is 7.45. The van der Waals surface area contributed by atoms with Crippen molar-refractivity contribution in [2.45, 2.75) is 24.4 Å². The smallest absolute Gasteiger partial charge is 0.339 e. The van der Waals surface area contributed by atoms with Gasteiger partial charge >= 0.3 is 17.9 Å². The van der Waals surface area contributed by atoms with E-state index in [9.17, 15) is 75.3 Å². The second-order valence-corrected chi connectivity index (χ2v) is 8.83. The van der Waals surface area contributed by atoms with Crippen LogP contribution in [0, 0.1) is 0 Å². The van der Waals surface area contributed by atoms with Gasteiger partial charge in [-0.25, -0.2) is 14.4 Å². The fourth-order valence-corrected chi connectivity index (χ4v) is 3.43. The molecule has 0 saturated carbocycles. The maximum atomic E-state index is 12.9. The van der Waals surface area contributed by atoms with Gasteiger partial charge in [0.05, 0.1) is 20.8 Å². The first kappa shape index (κ1) is 29.0. The highest BCUT2D eigenvalue weighted by Gasteiger charge is 2.39. The predicted octanol–water partition coefficient (Wildman–Crippen LogP) is -0.434. The summed E-state index contributed by atoms with van der Waals surface area (Å²) in [7, 11) is 0. The van der Waals surface area contributed by atoms with E-state index in [0.29, 0.717) is 18.2 Å². The van der Waals surface area contributed by atoms with Crippen LogP contribution >= 0.6 is 0 Å². The molecule has 18 nitrogen and oxygen atoms in total. The summed E-state index contributed by atoms with van der Waals surface area (Å²) in [4.78, 5) is 50.1. The number of ether oxygens (including phenoxy) is 3. The second-order valence-electron chi connectivity index (χ2n) is 8.83. The average molecular weight is 639 g/mol. The molecule has 240 valence electrons. The Bertz CT molecular complexity index is 1790. The lowest BCUT2D eigenvalue weighted by Crippen LogP contribution is -2.50. The van der Waals surface area contributed by atoms with Crippen LogP contribution in [0.25, 0.3) is 0 Å². The van der Waals surface area contributed by atoms with Gasteiger partial charge in [0.15, 0.2) is 70.2 Å². The highest BCUT2D eigenvalue weighted by Crippen LogP contribution is 2.37. The van der Waals surface area contributed by atoms with E-state index in [1.165, 1.54) is 0 Å². The number of phenolic OH excluding ortho intramolecular Hbond substituents is 9. The molecule has 0 fully saturated rings. The molecular formula is C27H24O18. The molecule has 0 spiro atoms. The number of hydrogen-bond acceptors (Lipinski definition) is 18. The SMILES string of the molecule is [2H]c1c(C(=O)OC[C@@H](O)[C@@H](OC(=O)c2cc(O)c(O)c(O)c2[2H])[C@H](O)[C@H](C=O)OC(=O)c2cc(O)c(O)c(O)c2[2H])cc(O)c(O)c1O. The van der Waals surface area contributed by atoms with E-state index in [0.717, 1.165) is 0 Å². The van der Waals surface area contributed by atoms with Crippen LogP contribution < -0.4 is 0 Å². The molecule has 3 aromatic carbocycles. The number of carbonyl (C=O) groups is 4.